The minimum absolute atomic E-state index is 0.00449. The summed E-state index contributed by atoms with van der Waals surface area (Å²) in [6.45, 7) is 3.96. The van der Waals surface area contributed by atoms with Gasteiger partial charge in [0.15, 0.2) is 5.78 Å². The minimum Gasteiger partial charge on any atom is -0.427 e. The Morgan fingerprint density at radius 3 is 2.42 bits per heavy atom. The van der Waals surface area contributed by atoms with Crippen LogP contribution in [0.25, 0.3) is 0 Å². The number of rotatable bonds is 2. The molecular formula is C15H15ClO3. The second-order valence-electron chi connectivity index (χ2n) is 5.49. The second-order valence-corrected chi connectivity index (χ2v) is 5.93. The molecule has 0 fully saturated rings. The molecule has 0 bridgehead atoms. The van der Waals surface area contributed by atoms with Crippen molar-refractivity contribution in [3.8, 4) is 0 Å². The number of ether oxygens (including phenoxy) is 1. The van der Waals surface area contributed by atoms with Crippen molar-refractivity contribution >= 4 is 23.4 Å². The first-order valence-electron chi connectivity index (χ1n) is 6.07. The fourth-order valence-corrected chi connectivity index (χ4v) is 2.24. The quantitative estimate of drug-likeness (QED) is 0.774. The van der Waals surface area contributed by atoms with E-state index < -0.39 is 5.97 Å². The van der Waals surface area contributed by atoms with Gasteiger partial charge in [0.2, 0.25) is 0 Å². The number of benzene rings is 1. The summed E-state index contributed by atoms with van der Waals surface area (Å²) in [5.41, 5.74) is 0.252. The van der Waals surface area contributed by atoms with Crippen LogP contribution in [0.1, 0.15) is 37.0 Å². The molecule has 0 aromatic heterocycles. The summed E-state index contributed by atoms with van der Waals surface area (Å²) in [7, 11) is 0. The summed E-state index contributed by atoms with van der Waals surface area (Å²) < 4.78 is 5.28. The summed E-state index contributed by atoms with van der Waals surface area (Å²) in [5.74, 6) is -0.0372. The highest BCUT2D eigenvalue weighted by atomic mass is 35.5. The summed E-state index contributed by atoms with van der Waals surface area (Å²) in [6.07, 6.45) is 2.48. The van der Waals surface area contributed by atoms with Crippen LogP contribution in [0.5, 0.6) is 0 Å². The Hall–Kier alpha value is -1.61. The molecule has 1 aliphatic rings. The minimum atomic E-state index is -0.464. The third-order valence-corrected chi connectivity index (χ3v) is 3.18. The van der Waals surface area contributed by atoms with E-state index in [4.69, 9.17) is 16.3 Å². The van der Waals surface area contributed by atoms with Gasteiger partial charge in [-0.05, 0) is 29.7 Å². The Balaban J connectivity index is 2.11. The molecule has 4 heteroatoms. The predicted molar refractivity (Wildman–Crippen MR) is 73.0 cm³/mol. The van der Waals surface area contributed by atoms with Gasteiger partial charge < -0.3 is 4.74 Å². The van der Waals surface area contributed by atoms with Crippen LogP contribution in [0.3, 0.4) is 0 Å². The number of hydrogen-bond acceptors (Lipinski definition) is 3. The number of allylic oxidation sites excluding steroid dienone is 2. The van der Waals surface area contributed by atoms with Gasteiger partial charge >= 0.3 is 5.97 Å². The van der Waals surface area contributed by atoms with Crippen molar-refractivity contribution in [1.82, 2.24) is 0 Å². The van der Waals surface area contributed by atoms with Gasteiger partial charge in [0.05, 0.1) is 5.56 Å². The fourth-order valence-electron chi connectivity index (χ4n) is 2.12. The third-order valence-electron chi connectivity index (χ3n) is 2.93. The zero-order valence-electron chi connectivity index (χ0n) is 10.9. The lowest BCUT2D eigenvalue weighted by Crippen LogP contribution is -2.23. The molecule has 0 aliphatic heterocycles. The lowest BCUT2D eigenvalue weighted by molar-refractivity contribution is -0.117. The van der Waals surface area contributed by atoms with Crippen molar-refractivity contribution in [3.05, 3.63) is 46.7 Å². The molecule has 100 valence electrons. The van der Waals surface area contributed by atoms with E-state index in [0.29, 0.717) is 29.2 Å². The highest BCUT2D eigenvalue weighted by Crippen LogP contribution is 2.34. The Morgan fingerprint density at radius 2 is 1.84 bits per heavy atom. The molecule has 19 heavy (non-hydrogen) atoms. The Morgan fingerprint density at radius 1 is 1.21 bits per heavy atom. The summed E-state index contributed by atoms with van der Waals surface area (Å²) >= 11 is 5.76. The van der Waals surface area contributed by atoms with E-state index in [1.165, 1.54) is 6.08 Å². The van der Waals surface area contributed by atoms with E-state index in [0.717, 1.165) is 0 Å². The molecule has 0 radical (unpaired) electrons. The Kier molecular flexibility index (Phi) is 3.76. The van der Waals surface area contributed by atoms with Crippen LogP contribution in [0.15, 0.2) is 36.1 Å². The van der Waals surface area contributed by atoms with Crippen molar-refractivity contribution in [2.75, 3.05) is 0 Å². The van der Waals surface area contributed by atoms with E-state index in [-0.39, 0.29) is 11.2 Å². The molecular weight excluding hydrogens is 264 g/mol. The largest absolute Gasteiger partial charge is 0.427 e. The van der Waals surface area contributed by atoms with Gasteiger partial charge in [-0.15, -0.1) is 0 Å². The van der Waals surface area contributed by atoms with Crippen LogP contribution in [0, 0.1) is 5.41 Å². The van der Waals surface area contributed by atoms with E-state index in [1.54, 1.807) is 24.3 Å². The van der Waals surface area contributed by atoms with Gasteiger partial charge in [-0.25, -0.2) is 4.79 Å². The molecule has 1 aromatic carbocycles. The third kappa shape index (κ3) is 3.67. The molecule has 0 saturated heterocycles. The number of carbonyl (C=O) groups is 2. The van der Waals surface area contributed by atoms with Crippen LogP contribution in [0.2, 0.25) is 5.02 Å². The molecule has 3 nitrogen and oxygen atoms in total. The smallest absolute Gasteiger partial charge is 0.343 e. The zero-order chi connectivity index (χ0) is 14.0. The van der Waals surface area contributed by atoms with Gasteiger partial charge in [-0.2, -0.15) is 0 Å². The Bertz CT molecular complexity index is 541. The first-order valence-corrected chi connectivity index (χ1v) is 6.45. The number of halogens is 1. The molecule has 0 amide bonds. The van der Waals surface area contributed by atoms with Crippen molar-refractivity contribution < 1.29 is 14.3 Å². The number of esters is 1. The van der Waals surface area contributed by atoms with Gasteiger partial charge in [-0.1, -0.05) is 25.4 Å². The standard InChI is InChI=1S/C15H15ClO3/c1-15(2)8-12(17)7-13(9-15)19-14(18)10-3-5-11(16)6-4-10/h3-7H,8-9H2,1-2H3. The number of carbonyl (C=O) groups excluding carboxylic acids is 2. The number of hydrogen-bond donors (Lipinski definition) is 0. The zero-order valence-corrected chi connectivity index (χ0v) is 11.7. The molecule has 1 aromatic rings. The average Bonchev–Trinajstić information content (AvgIpc) is 2.26. The normalized spacial score (nSPS) is 17.8. The van der Waals surface area contributed by atoms with Crippen LogP contribution >= 0.6 is 11.6 Å². The lowest BCUT2D eigenvalue weighted by Gasteiger charge is -2.27. The van der Waals surface area contributed by atoms with E-state index >= 15 is 0 Å². The first kappa shape index (κ1) is 13.8. The molecule has 2 rings (SSSR count). The van der Waals surface area contributed by atoms with E-state index in [1.807, 2.05) is 13.8 Å². The van der Waals surface area contributed by atoms with Crippen LogP contribution in [0.4, 0.5) is 0 Å². The SMILES string of the molecule is CC1(C)CC(=O)C=C(OC(=O)c2ccc(Cl)cc2)C1. The molecule has 1 aliphatic carbocycles. The second kappa shape index (κ2) is 5.17. The van der Waals surface area contributed by atoms with Crippen molar-refractivity contribution in [2.24, 2.45) is 5.41 Å². The van der Waals surface area contributed by atoms with Crippen LogP contribution in [-0.4, -0.2) is 11.8 Å². The van der Waals surface area contributed by atoms with Crippen molar-refractivity contribution in [3.63, 3.8) is 0 Å². The van der Waals surface area contributed by atoms with Gasteiger partial charge in [0, 0.05) is 23.9 Å². The highest BCUT2D eigenvalue weighted by molar-refractivity contribution is 6.30. The number of ketones is 1. The van der Waals surface area contributed by atoms with Crippen LogP contribution < -0.4 is 0 Å². The van der Waals surface area contributed by atoms with Crippen molar-refractivity contribution in [2.45, 2.75) is 26.7 Å². The van der Waals surface area contributed by atoms with Crippen molar-refractivity contribution in [1.29, 1.82) is 0 Å². The maximum absolute atomic E-state index is 11.9. The predicted octanol–water partition coefficient (Wildman–Crippen LogP) is 3.77. The molecule has 0 heterocycles. The highest BCUT2D eigenvalue weighted by Gasteiger charge is 2.29. The first-order chi connectivity index (χ1) is 8.85. The summed E-state index contributed by atoms with van der Waals surface area (Å²) in [5, 5.41) is 0.560. The molecule has 0 spiro atoms. The van der Waals surface area contributed by atoms with E-state index in [2.05, 4.69) is 0 Å². The van der Waals surface area contributed by atoms with Crippen LogP contribution in [-0.2, 0) is 9.53 Å². The van der Waals surface area contributed by atoms with E-state index in [9.17, 15) is 9.59 Å². The average molecular weight is 279 g/mol. The molecule has 0 atom stereocenters. The van der Waals surface area contributed by atoms with Gasteiger partial charge in [0.25, 0.3) is 0 Å². The lowest BCUT2D eigenvalue weighted by atomic mass is 9.79. The fraction of sp³-hybridized carbons (Fsp3) is 0.333. The summed E-state index contributed by atoms with van der Waals surface area (Å²) in [6, 6.07) is 6.45. The topological polar surface area (TPSA) is 43.4 Å². The van der Waals surface area contributed by atoms with Gasteiger partial charge in [-0.3, -0.25) is 4.79 Å². The Labute approximate surface area is 117 Å². The molecule has 0 unspecified atom stereocenters. The maximum atomic E-state index is 11.9. The monoisotopic (exact) mass is 278 g/mol. The maximum Gasteiger partial charge on any atom is 0.343 e. The van der Waals surface area contributed by atoms with Gasteiger partial charge in [0.1, 0.15) is 5.76 Å². The summed E-state index contributed by atoms with van der Waals surface area (Å²) in [4.78, 5) is 23.5. The molecule has 0 N–H and O–H groups in total. The molecule has 0 saturated carbocycles.